The topological polar surface area (TPSA) is 121 Å². The molecule has 0 radical (unpaired) electrons. The quantitative estimate of drug-likeness (QED) is 0.327. The zero-order valence-electron chi connectivity index (χ0n) is 21.1. The van der Waals surface area contributed by atoms with Crippen LogP contribution in [0.15, 0.2) is 36.8 Å². The first kappa shape index (κ1) is 23.7. The van der Waals surface area contributed by atoms with Crippen molar-refractivity contribution in [1.29, 1.82) is 0 Å². The summed E-state index contributed by atoms with van der Waals surface area (Å²) < 4.78 is 32.9. The van der Waals surface area contributed by atoms with Gasteiger partial charge in [0, 0.05) is 30.0 Å². The predicted molar refractivity (Wildman–Crippen MR) is 142 cm³/mol. The molecule has 0 bridgehead atoms. The average molecular weight is 545 g/mol. The highest BCUT2D eigenvalue weighted by atomic mass is 32.1. The second-order valence-corrected chi connectivity index (χ2v) is 10.7. The van der Waals surface area contributed by atoms with Crippen molar-refractivity contribution >= 4 is 44.4 Å². The van der Waals surface area contributed by atoms with E-state index in [0.717, 1.165) is 21.4 Å². The number of aromatic nitrogens is 5. The van der Waals surface area contributed by atoms with Crippen molar-refractivity contribution in [3.63, 3.8) is 0 Å². The Bertz CT molecular complexity index is 1810. The SMILES string of the molecule is COc1cnc2c(-c3nc4cc(F)c5c(c4s3)C[C@@]3(CC3OC(=O)Nc3cnc(C)nc3)O5)cc(C)cc2n1. The van der Waals surface area contributed by atoms with Gasteiger partial charge in [0.05, 0.1) is 52.6 Å². The first-order valence-corrected chi connectivity index (χ1v) is 13.0. The summed E-state index contributed by atoms with van der Waals surface area (Å²) in [5.74, 6) is 0.717. The average Bonchev–Trinajstić information content (AvgIpc) is 3.22. The number of carbonyl (C=O) groups excluding carboxylic acids is 1. The van der Waals surface area contributed by atoms with Gasteiger partial charge in [-0.2, -0.15) is 0 Å². The minimum atomic E-state index is -0.791. The van der Waals surface area contributed by atoms with Gasteiger partial charge in [-0.1, -0.05) is 0 Å². The first-order chi connectivity index (χ1) is 18.8. The lowest BCUT2D eigenvalue weighted by molar-refractivity contribution is 0.0974. The Kier molecular flexibility index (Phi) is 5.17. The van der Waals surface area contributed by atoms with Crippen LogP contribution in [0.2, 0.25) is 0 Å². The minimum Gasteiger partial charge on any atom is -0.480 e. The smallest absolute Gasteiger partial charge is 0.412 e. The van der Waals surface area contributed by atoms with E-state index in [-0.39, 0.29) is 5.75 Å². The fourth-order valence-corrected chi connectivity index (χ4v) is 6.04. The van der Waals surface area contributed by atoms with Crippen molar-refractivity contribution in [2.75, 3.05) is 12.4 Å². The Balaban J connectivity index is 1.18. The molecule has 0 saturated heterocycles. The van der Waals surface area contributed by atoms with Crippen LogP contribution in [0.1, 0.15) is 23.4 Å². The molecule has 1 spiro atoms. The maximum atomic E-state index is 15.2. The molecule has 39 heavy (non-hydrogen) atoms. The molecule has 12 heteroatoms. The third-order valence-electron chi connectivity index (χ3n) is 6.91. The van der Waals surface area contributed by atoms with Crippen molar-refractivity contribution in [2.24, 2.45) is 0 Å². The summed E-state index contributed by atoms with van der Waals surface area (Å²) >= 11 is 1.45. The van der Waals surface area contributed by atoms with Gasteiger partial charge in [-0.15, -0.1) is 11.3 Å². The van der Waals surface area contributed by atoms with Crippen LogP contribution in [0.25, 0.3) is 31.8 Å². The van der Waals surface area contributed by atoms with Crippen LogP contribution in [-0.4, -0.2) is 49.8 Å². The van der Waals surface area contributed by atoms with E-state index in [4.69, 9.17) is 19.2 Å². The molecule has 1 N–H and O–H groups in total. The van der Waals surface area contributed by atoms with Crippen LogP contribution < -0.4 is 14.8 Å². The highest BCUT2D eigenvalue weighted by Crippen LogP contribution is 2.55. The molecule has 2 atom stereocenters. The van der Waals surface area contributed by atoms with Crippen LogP contribution in [-0.2, 0) is 11.2 Å². The number of hydrogen-bond donors (Lipinski definition) is 1. The summed E-state index contributed by atoms with van der Waals surface area (Å²) in [5.41, 5.74) is 4.09. The number of hydrogen-bond acceptors (Lipinski definition) is 10. The summed E-state index contributed by atoms with van der Waals surface area (Å²) in [6.45, 7) is 3.73. The van der Waals surface area contributed by atoms with Gasteiger partial charge in [-0.25, -0.2) is 34.1 Å². The highest BCUT2D eigenvalue weighted by molar-refractivity contribution is 7.22. The summed E-state index contributed by atoms with van der Waals surface area (Å²) in [6, 6.07) is 5.33. The number of nitrogens with zero attached hydrogens (tertiary/aromatic N) is 5. The normalized spacial score (nSPS) is 19.2. The molecule has 7 rings (SSSR count). The molecule has 1 aliphatic carbocycles. The number of nitrogens with one attached hydrogen (secondary N) is 1. The third kappa shape index (κ3) is 3.98. The number of ether oxygens (including phenoxy) is 3. The number of methoxy groups -OCH3 is 1. The highest BCUT2D eigenvalue weighted by Gasteiger charge is 2.64. The number of fused-ring (bicyclic) bond motifs is 4. The summed E-state index contributed by atoms with van der Waals surface area (Å²) in [6.07, 6.45) is 4.30. The van der Waals surface area contributed by atoms with E-state index in [1.165, 1.54) is 29.8 Å². The molecule has 2 aromatic carbocycles. The Morgan fingerprint density at radius 1 is 1.13 bits per heavy atom. The Morgan fingerprint density at radius 2 is 1.95 bits per heavy atom. The molecular formula is C27H21FN6O4S. The zero-order chi connectivity index (χ0) is 26.9. The summed E-state index contributed by atoms with van der Waals surface area (Å²) in [7, 11) is 1.55. The first-order valence-electron chi connectivity index (χ1n) is 12.2. The Hall–Kier alpha value is -4.45. The van der Waals surface area contributed by atoms with Crippen molar-refractivity contribution in [3.8, 4) is 22.2 Å². The molecule has 1 amide bonds. The monoisotopic (exact) mass is 544 g/mol. The van der Waals surface area contributed by atoms with Gasteiger partial charge in [0.15, 0.2) is 17.2 Å². The van der Waals surface area contributed by atoms with Gasteiger partial charge < -0.3 is 14.2 Å². The van der Waals surface area contributed by atoms with E-state index in [0.29, 0.717) is 51.8 Å². The molecule has 1 saturated carbocycles. The fraction of sp³-hybridized carbons (Fsp3) is 0.259. The number of carbonyl (C=O) groups is 1. The maximum absolute atomic E-state index is 15.2. The molecule has 10 nitrogen and oxygen atoms in total. The third-order valence-corrected chi connectivity index (χ3v) is 8.07. The largest absolute Gasteiger partial charge is 0.480 e. The minimum absolute atomic E-state index is 0.190. The van der Waals surface area contributed by atoms with Gasteiger partial charge >= 0.3 is 6.09 Å². The van der Waals surface area contributed by atoms with Gasteiger partial charge in [-0.3, -0.25) is 5.32 Å². The van der Waals surface area contributed by atoms with Crippen LogP contribution in [0, 0.1) is 19.7 Å². The predicted octanol–water partition coefficient (Wildman–Crippen LogP) is 5.16. The van der Waals surface area contributed by atoms with E-state index in [1.807, 2.05) is 19.1 Å². The second-order valence-electron chi connectivity index (χ2n) is 9.71. The van der Waals surface area contributed by atoms with Crippen LogP contribution in [0.5, 0.6) is 11.6 Å². The molecule has 1 fully saturated rings. The second kappa shape index (κ2) is 8.53. The lowest BCUT2D eigenvalue weighted by Gasteiger charge is -2.11. The van der Waals surface area contributed by atoms with Crippen LogP contribution in [0.3, 0.4) is 0 Å². The number of halogens is 1. The van der Waals surface area contributed by atoms with Crippen LogP contribution >= 0.6 is 11.3 Å². The van der Waals surface area contributed by atoms with Crippen molar-refractivity contribution in [2.45, 2.75) is 38.4 Å². The molecule has 5 aromatic rings. The van der Waals surface area contributed by atoms with E-state index in [1.54, 1.807) is 20.2 Å². The number of thiazole rings is 1. The number of aryl methyl sites for hydroxylation is 2. The zero-order valence-corrected chi connectivity index (χ0v) is 21.9. The number of rotatable bonds is 4. The van der Waals surface area contributed by atoms with Crippen molar-refractivity contribution in [1.82, 2.24) is 24.9 Å². The molecule has 196 valence electrons. The van der Waals surface area contributed by atoms with Crippen molar-refractivity contribution < 1.29 is 23.4 Å². The molecule has 1 unspecified atom stereocenters. The molecule has 1 aliphatic heterocycles. The molecule has 3 aromatic heterocycles. The number of amides is 1. The summed E-state index contributed by atoms with van der Waals surface area (Å²) in [4.78, 5) is 34.4. The molecule has 4 heterocycles. The van der Waals surface area contributed by atoms with Gasteiger partial charge in [0.2, 0.25) is 5.88 Å². The maximum Gasteiger partial charge on any atom is 0.412 e. The van der Waals surface area contributed by atoms with E-state index >= 15 is 4.39 Å². The fourth-order valence-electron chi connectivity index (χ4n) is 4.94. The number of benzene rings is 2. The lowest BCUT2D eigenvalue weighted by atomic mass is 10.1. The van der Waals surface area contributed by atoms with Crippen LogP contribution in [0.4, 0.5) is 14.9 Å². The van der Waals surface area contributed by atoms with E-state index in [2.05, 4.69) is 25.3 Å². The van der Waals surface area contributed by atoms with Gasteiger partial charge in [-0.05, 0) is 31.5 Å². The standard InChI is InChI=1S/C27H21FN6O4S/c1-12-4-15(22-18(5-12)33-21(36-3)11-31-22)25-34-19-6-17(28)23-16(24(19)39-25)7-27(38-23)8-20(27)37-26(35)32-14-9-29-13(2)30-10-14/h4-6,9-11,20H,7-8H2,1-3H3,(H,32,35)/t20?,27-/m0/s1. The molecular weight excluding hydrogens is 523 g/mol. The molecule has 2 aliphatic rings. The van der Waals surface area contributed by atoms with E-state index < -0.39 is 23.6 Å². The van der Waals surface area contributed by atoms with E-state index in [9.17, 15) is 4.79 Å². The Morgan fingerprint density at radius 3 is 2.74 bits per heavy atom. The lowest BCUT2D eigenvalue weighted by Crippen LogP contribution is -2.25. The Labute approximate surface area is 225 Å². The van der Waals surface area contributed by atoms with Crippen molar-refractivity contribution in [3.05, 3.63) is 59.6 Å². The van der Waals surface area contributed by atoms with Gasteiger partial charge in [0.1, 0.15) is 16.9 Å². The van der Waals surface area contributed by atoms with Gasteiger partial charge in [0.25, 0.3) is 0 Å². The summed E-state index contributed by atoms with van der Waals surface area (Å²) in [5, 5.41) is 3.32. The number of anilines is 1.